The Morgan fingerprint density at radius 3 is 2.70 bits per heavy atom. The van der Waals surface area contributed by atoms with Crippen molar-refractivity contribution >= 4 is 5.91 Å². The summed E-state index contributed by atoms with van der Waals surface area (Å²) in [7, 11) is 0. The number of rotatable bonds is 6. The van der Waals surface area contributed by atoms with E-state index in [-0.39, 0.29) is 17.7 Å². The van der Waals surface area contributed by atoms with Crippen LogP contribution in [0.4, 0.5) is 13.2 Å². The number of nitrogens with two attached hydrogens (primary N) is 1. The Hall–Kier alpha value is -0.820. The van der Waals surface area contributed by atoms with Gasteiger partial charge in [-0.3, -0.25) is 9.69 Å². The summed E-state index contributed by atoms with van der Waals surface area (Å²) in [5, 5.41) is 2.75. The fourth-order valence-electron chi connectivity index (χ4n) is 2.35. The van der Waals surface area contributed by atoms with Gasteiger partial charge in [0.15, 0.2) is 0 Å². The highest BCUT2D eigenvalue weighted by Gasteiger charge is 2.34. The van der Waals surface area contributed by atoms with Gasteiger partial charge in [0.25, 0.3) is 0 Å². The van der Waals surface area contributed by atoms with Gasteiger partial charge in [-0.25, -0.2) is 0 Å². The maximum Gasteiger partial charge on any atom is 0.401 e. The molecular formula is C13H24F3N3O. The Balaban J connectivity index is 2.29. The van der Waals surface area contributed by atoms with Crippen LogP contribution in [0.15, 0.2) is 0 Å². The van der Waals surface area contributed by atoms with E-state index in [2.05, 4.69) is 5.32 Å². The summed E-state index contributed by atoms with van der Waals surface area (Å²) < 4.78 is 36.8. The van der Waals surface area contributed by atoms with Crippen molar-refractivity contribution in [2.75, 3.05) is 26.2 Å². The molecule has 3 N–H and O–H groups in total. The lowest BCUT2D eigenvalue weighted by molar-refractivity contribution is -0.143. The lowest BCUT2D eigenvalue weighted by atomic mass is 9.99. The predicted octanol–water partition coefficient (Wildman–Crippen LogP) is 1.36. The highest BCUT2D eigenvalue weighted by atomic mass is 19.4. The number of amides is 1. The van der Waals surface area contributed by atoms with Gasteiger partial charge in [-0.05, 0) is 24.8 Å². The first-order valence-corrected chi connectivity index (χ1v) is 7.05. The molecule has 1 fully saturated rings. The number of carbonyl (C=O) groups excluding carboxylic acids is 1. The van der Waals surface area contributed by atoms with Crippen molar-refractivity contribution in [1.29, 1.82) is 0 Å². The molecule has 1 aliphatic heterocycles. The van der Waals surface area contributed by atoms with Crippen LogP contribution < -0.4 is 11.1 Å². The van der Waals surface area contributed by atoms with Crippen molar-refractivity contribution in [3.63, 3.8) is 0 Å². The quantitative estimate of drug-likeness (QED) is 0.778. The number of carbonyl (C=O) groups is 1. The standard InChI is InChI=1S/C13H24F3N3O/c1-3-9(2)11(17)12(20)18-6-10-4-5-19(7-10)8-13(14,15)16/h9-11H,3-8,17H2,1-2H3,(H,18,20)/t9-,10?,11-/m0/s1. The molecule has 118 valence electrons. The Kier molecular flexibility index (Phi) is 6.26. The Morgan fingerprint density at radius 2 is 2.15 bits per heavy atom. The zero-order valence-corrected chi connectivity index (χ0v) is 12.0. The molecule has 0 saturated carbocycles. The number of hydrogen-bond acceptors (Lipinski definition) is 3. The van der Waals surface area contributed by atoms with Crippen molar-refractivity contribution in [2.45, 2.75) is 38.9 Å². The predicted molar refractivity (Wildman–Crippen MR) is 71.0 cm³/mol. The number of hydrogen-bond donors (Lipinski definition) is 2. The molecule has 1 heterocycles. The summed E-state index contributed by atoms with van der Waals surface area (Å²) in [6.07, 6.45) is -2.66. The van der Waals surface area contributed by atoms with Gasteiger partial charge in [0.2, 0.25) is 5.91 Å². The molecule has 3 atom stereocenters. The molecule has 0 aromatic heterocycles. The summed E-state index contributed by atoms with van der Waals surface area (Å²) >= 11 is 0. The number of likely N-dealkylation sites (tertiary alicyclic amines) is 1. The first kappa shape index (κ1) is 17.2. The highest BCUT2D eigenvalue weighted by molar-refractivity contribution is 5.81. The molecule has 0 bridgehead atoms. The lowest BCUT2D eigenvalue weighted by Crippen LogP contribution is -2.46. The maximum absolute atomic E-state index is 12.3. The van der Waals surface area contributed by atoms with Gasteiger partial charge in [0, 0.05) is 13.1 Å². The Labute approximate surface area is 117 Å². The van der Waals surface area contributed by atoms with E-state index in [4.69, 9.17) is 5.73 Å². The normalized spacial score (nSPS) is 23.6. The van der Waals surface area contributed by atoms with E-state index in [0.717, 1.165) is 6.42 Å². The first-order valence-electron chi connectivity index (χ1n) is 7.05. The number of nitrogens with zero attached hydrogens (tertiary/aromatic N) is 1. The van der Waals surface area contributed by atoms with Gasteiger partial charge in [0.05, 0.1) is 12.6 Å². The second-order valence-corrected chi connectivity index (χ2v) is 5.66. The lowest BCUT2D eigenvalue weighted by Gasteiger charge is -2.20. The molecular weight excluding hydrogens is 271 g/mol. The average Bonchev–Trinajstić information content (AvgIpc) is 2.79. The van der Waals surface area contributed by atoms with Gasteiger partial charge in [0.1, 0.15) is 0 Å². The van der Waals surface area contributed by atoms with Gasteiger partial charge in [-0.2, -0.15) is 13.2 Å². The molecule has 1 saturated heterocycles. The van der Waals surface area contributed by atoms with E-state index in [0.29, 0.717) is 26.1 Å². The molecule has 0 aromatic rings. The summed E-state index contributed by atoms with van der Waals surface area (Å²) in [6.45, 7) is 4.20. The van der Waals surface area contributed by atoms with E-state index in [1.165, 1.54) is 4.90 Å². The smallest absolute Gasteiger partial charge is 0.354 e. The number of nitrogens with one attached hydrogen (secondary N) is 1. The van der Waals surface area contributed by atoms with Gasteiger partial charge in [-0.15, -0.1) is 0 Å². The molecule has 1 aliphatic rings. The van der Waals surface area contributed by atoms with Crippen molar-refractivity contribution < 1.29 is 18.0 Å². The maximum atomic E-state index is 12.3. The van der Waals surface area contributed by atoms with Gasteiger partial charge in [-0.1, -0.05) is 20.3 Å². The van der Waals surface area contributed by atoms with Crippen LogP contribution in [-0.4, -0.2) is 49.2 Å². The largest absolute Gasteiger partial charge is 0.401 e. The van der Waals surface area contributed by atoms with Gasteiger partial charge < -0.3 is 11.1 Å². The van der Waals surface area contributed by atoms with E-state index < -0.39 is 18.8 Å². The van der Waals surface area contributed by atoms with Crippen LogP contribution in [0.1, 0.15) is 26.7 Å². The molecule has 1 amide bonds. The van der Waals surface area contributed by atoms with Crippen molar-refractivity contribution in [3.05, 3.63) is 0 Å². The molecule has 4 nitrogen and oxygen atoms in total. The Morgan fingerprint density at radius 1 is 1.50 bits per heavy atom. The summed E-state index contributed by atoms with van der Waals surface area (Å²) in [5.74, 6) is -0.0423. The van der Waals surface area contributed by atoms with Crippen LogP contribution >= 0.6 is 0 Å². The third-order valence-corrected chi connectivity index (χ3v) is 3.90. The van der Waals surface area contributed by atoms with Crippen LogP contribution in [-0.2, 0) is 4.79 Å². The molecule has 1 rings (SSSR count). The van der Waals surface area contributed by atoms with Gasteiger partial charge >= 0.3 is 6.18 Å². The molecule has 20 heavy (non-hydrogen) atoms. The molecule has 0 aromatic carbocycles. The van der Waals surface area contributed by atoms with Crippen LogP contribution in [0.5, 0.6) is 0 Å². The van der Waals surface area contributed by atoms with Crippen LogP contribution in [0.3, 0.4) is 0 Å². The molecule has 0 radical (unpaired) electrons. The van der Waals surface area contributed by atoms with Crippen molar-refractivity contribution in [1.82, 2.24) is 10.2 Å². The van der Waals surface area contributed by atoms with Crippen LogP contribution in [0.2, 0.25) is 0 Å². The highest BCUT2D eigenvalue weighted by Crippen LogP contribution is 2.22. The van der Waals surface area contributed by atoms with E-state index in [1.807, 2.05) is 13.8 Å². The van der Waals surface area contributed by atoms with E-state index in [9.17, 15) is 18.0 Å². The average molecular weight is 295 g/mol. The zero-order valence-electron chi connectivity index (χ0n) is 12.0. The monoisotopic (exact) mass is 295 g/mol. The fraction of sp³-hybridized carbons (Fsp3) is 0.923. The Bertz CT molecular complexity index is 322. The second kappa shape index (κ2) is 7.26. The third kappa shape index (κ3) is 5.66. The number of halogens is 3. The minimum Gasteiger partial charge on any atom is -0.354 e. The molecule has 1 unspecified atom stereocenters. The first-order chi connectivity index (χ1) is 9.23. The second-order valence-electron chi connectivity index (χ2n) is 5.66. The molecule has 0 spiro atoms. The zero-order chi connectivity index (χ0) is 15.3. The minimum absolute atomic E-state index is 0.0745. The summed E-state index contributed by atoms with van der Waals surface area (Å²) in [4.78, 5) is 13.2. The molecule has 0 aliphatic carbocycles. The SMILES string of the molecule is CC[C@H](C)[C@H](N)C(=O)NCC1CCN(CC(F)(F)F)C1. The van der Waals surface area contributed by atoms with E-state index in [1.54, 1.807) is 0 Å². The van der Waals surface area contributed by atoms with Crippen molar-refractivity contribution in [2.24, 2.45) is 17.6 Å². The van der Waals surface area contributed by atoms with Crippen LogP contribution in [0.25, 0.3) is 0 Å². The van der Waals surface area contributed by atoms with Crippen molar-refractivity contribution in [3.8, 4) is 0 Å². The minimum atomic E-state index is -4.16. The third-order valence-electron chi connectivity index (χ3n) is 3.90. The number of alkyl halides is 3. The molecule has 7 heteroatoms. The topological polar surface area (TPSA) is 58.4 Å². The summed E-state index contributed by atoms with van der Waals surface area (Å²) in [5.41, 5.74) is 5.80. The van der Waals surface area contributed by atoms with Crippen LogP contribution in [0, 0.1) is 11.8 Å². The summed E-state index contributed by atoms with van der Waals surface area (Å²) in [6, 6.07) is -0.548. The fourth-order valence-corrected chi connectivity index (χ4v) is 2.35. The van der Waals surface area contributed by atoms with E-state index >= 15 is 0 Å².